The van der Waals surface area contributed by atoms with Gasteiger partial charge >= 0.3 is 0 Å². The third kappa shape index (κ3) is 3.85. The lowest BCUT2D eigenvalue weighted by Gasteiger charge is -2.06. The van der Waals surface area contributed by atoms with Crippen molar-refractivity contribution < 1.29 is 4.79 Å². The SMILES string of the molecule is O=C(CSCC1CC1(Cl)Cl)Nc1ccc2ccccc2c1. The predicted octanol–water partition coefficient (Wildman–Crippen LogP) is 4.71. The number of anilines is 1. The van der Waals surface area contributed by atoms with E-state index in [1.54, 1.807) is 11.8 Å². The molecular weight excluding hydrogens is 325 g/mol. The zero-order chi connectivity index (χ0) is 14.9. The number of carbonyl (C=O) groups excluding carboxylic acids is 1. The summed E-state index contributed by atoms with van der Waals surface area (Å²) < 4.78 is -0.554. The summed E-state index contributed by atoms with van der Waals surface area (Å²) in [5.74, 6) is 1.58. The molecule has 21 heavy (non-hydrogen) atoms. The largest absolute Gasteiger partial charge is 0.325 e. The van der Waals surface area contributed by atoms with Crippen LogP contribution in [0.25, 0.3) is 10.8 Å². The number of fused-ring (bicyclic) bond motifs is 1. The average Bonchev–Trinajstić information content (AvgIpc) is 3.06. The van der Waals surface area contributed by atoms with Gasteiger partial charge in [-0.3, -0.25) is 4.79 Å². The standard InChI is InChI=1S/C16H15Cl2NOS/c17-16(18)8-13(16)9-21-10-15(20)19-14-6-5-11-3-1-2-4-12(11)7-14/h1-7,13H,8-10H2,(H,19,20). The maximum absolute atomic E-state index is 11.9. The number of alkyl halides is 2. The predicted molar refractivity (Wildman–Crippen MR) is 92.4 cm³/mol. The maximum atomic E-state index is 11.9. The second kappa shape index (κ2) is 6.07. The first-order valence-corrected chi connectivity index (χ1v) is 8.70. The number of carbonyl (C=O) groups is 1. The summed E-state index contributed by atoms with van der Waals surface area (Å²) in [5.41, 5.74) is 0.828. The normalized spacial score (nSPS) is 19.4. The summed E-state index contributed by atoms with van der Waals surface area (Å²) in [5, 5.41) is 5.21. The van der Waals surface area contributed by atoms with Crippen LogP contribution in [0.2, 0.25) is 0 Å². The summed E-state index contributed by atoms with van der Waals surface area (Å²) in [4.78, 5) is 11.9. The summed E-state index contributed by atoms with van der Waals surface area (Å²) >= 11 is 13.5. The molecule has 110 valence electrons. The first kappa shape index (κ1) is 15.0. The summed E-state index contributed by atoms with van der Waals surface area (Å²) in [6.45, 7) is 0. The van der Waals surface area contributed by atoms with Crippen molar-refractivity contribution in [3.05, 3.63) is 42.5 Å². The Labute approximate surface area is 138 Å². The van der Waals surface area contributed by atoms with Crippen LogP contribution in [0, 0.1) is 5.92 Å². The lowest BCUT2D eigenvalue weighted by Crippen LogP contribution is -2.14. The molecule has 0 spiro atoms. The number of rotatable bonds is 5. The van der Waals surface area contributed by atoms with E-state index in [1.807, 2.05) is 36.4 Å². The van der Waals surface area contributed by atoms with Crippen LogP contribution < -0.4 is 5.32 Å². The van der Waals surface area contributed by atoms with Crippen molar-refractivity contribution in [3.63, 3.8) is 0 Å². The van der Waals surface area contributed by atoms with E-state index in [4.69, 9.17) is 23.2 Å². The highest BCUT2D eigenvalue weighted by Crippen LogP contribution is 2.54. The second-order valence-electron chi connectivity index (χ2n) is 5.29. The highest BCUT2D eigenvalue weighted by atomic mass is 35.5. The zero-order valence-corrected chi connectivity index (χ0v) is 13.6. The van der Waals surface area contributed by atoms with Crippen molar-refractivity contribution in [3.8, 4) is 0 Å². The van der Waals surface area contributed by atoms with Crippen LogP contribution in [0.3, 0.4) is 0 Å². The topological polar surface area (TPSA) is 29.1 Å². The molecule has 2 aromatic rings. The van der Waals surface area contributed by atoms with Gasteiger partial charge in [0.2, 0.25) is 5.91 Å². The number of benzene rings is 2. The number of thioether (sulfide) groups is 1. The van der Waals surface area contributed by atoms with Crippen LogP contribution in [0.1, 0.15) is 6.42 Å². The van der Waals surface area contributed by atoms with Crippen LogP contribution in [0.15, 0.2) is 42.5 Å². The smallest absolute Gasteiger partial charge is 0.234 e. The van der Waals surface area contributed by atoms with Gasteiger partial charge in [-0.25, -0.2) is 0 Å². The molecule has 0 radical (unpaired) electrons. The number of nitrogens with one attached hydrogen (secondary N) is 1. The van der Waals surface area contributed by atoms with Crippen LogP contribution in [-0.2, 0) is 4.79 Å². The Morgan fingerprint density at radius 1 is 1.24 bits per heavy atom. The third-order valence-corrected chi connectivity index (χ3v) is 5.57. The van der Waals surface area contributed by atoms with Crippen LogP contribution >= 0.6 is 35.0 Å². The molecule has 0 heterocycles. The van der Waals surface area contributed by atoms with Crippen molar-refractivity contribution in [2.75, 3.05) is 16.8 Å². The fourth-order valence-electron chi connectivity index (χ4n) is 2.21. The van der Waals surface area contributed by atoms with Crippen LogP contribution in [0.5, 0.6) is 0 Å². The first-order chi connectivity index (χ1) is 10.0. The Morgan fingerprint density at radius 2 is 1.95 bits per heavy atom. The van der Waals surface area contributed by atoms with Gasteiger partial charge in [0.1, 0.15) is 4.33 Å². The molecule has 2 nitrogen and oxygen atoms in total. The fraction of sp³-hybridized carbons (Fsp3) is 0.312. The van der Waals surface area contributed by atoms with Gasteiger partial charge in [0.25, 0.3) is 0 Å². The maximum Gasteiger partial charge on any atom is 0.234 e. The molecule has 1 aliphatic carbocycles. The molecule has 1 saturated carbocycles. The van der Waals surface area contributed by atoms with Gasteiger partial charge in [0.15, 0.2) is 0 Å². The molecular formula is C16H15Cl2NOS. The molecule has 1 fully saturated rings. The monoisotopic (exact) mass is 339 g/mol. The van der Waals surface area contributed by atoms with E-state index >= 15 is 0 Å². The lowest BCUT2D eigenvalue weighted by atomic mass is 10.1. The Kier molecular flexibility index (Phi) is 4.34. The Morgan fingerprint density at radius 3 is 2.67 bits per heavy atom. The van der Waals surface area contributed by atoms with Crippen molar-refractivity contribution in [1.29, 1.82) is 0 Å². The summed E-state index contributed by atoms with van der Waals surface area (Å²) in [7, 11) is 0. The van der Waals surface area contributed by atoms with Crippen LogP contribution in [0.4, 0.5) is 5.69 Å². The van der Waals surface area contributed by atoms with Gasteiger partial charge in [-0.2, -0.15) is 11.8 Å². The van der Waals surface area contributed by atoms with E-state index in [9.17, 15) is 4.79 Å². The van der Waals surface area contributed by atoms with E-state index in [-0.39, 0.29) is 5.91 Å². The molecule has 1 N–H and O–H groups in total. The molecule has 5 heteroatoms. The van der Waals surface area contributed by atoms with Gasteiger partial charge in [-0.15, -0.1) is 23.2 Å². The van der Waals surface area contributed by atoms with Crippen molar-refractivity contribution >= 4 is 57.3 Å². The Balaban J connectivity index is 1.51. The zero-order valence-electron chi connectivity index (χ0n) is 11.3. The molecule has 1 unspecified atom stereocenters. The number of halogens is 2. The fourth-order valence-corrected chi connectivity index (χ4v) is 3.98. The van der Waals surface area contributed by atoms with Gasteiger partial charge < -0.3 is 5.32 Å². The summed E-state index contributed by atoms with van der Waals surface area (Å²) in [6, 6.07) is 14.0. The van der Waals surface area contributed by atoms with E-state index in [0.717, 1.165) is 23.2 Å². The molecule has 0 aromatic heterocycles. The van der Waals surface area contributed by atoms with Crippen molar-refractivity contribution in [1.82, 2.24) is 0 Å². The van der Waals surface area contributed by atoms with Gasteiger partial charge in [-0.1, -0.05) is 30.3 Å². The van der Waals surface area contributed by atoms with E-state index in [2.05, 4.69) is 11.4 Å². The number of hydrogen-bond acceptors (Lipinski definition) is 2. The molecule has 1 amide bonds. The van der Waals surface area contributed by atoms with E-state index < -0.39 is 4.33 Å². The molecule has 3 rings (SSSR count). The van der Waals surface area contributed by atoms with Crippen molar-refractivity contribution in [2.24, 2.45) is 5.92 Å². The van der Waals surface area contributed by atoms with E-state index in [1.165, 1.54) is 5.39 Å². The highest BCUT2D eigenvalue weighted by molar-refractivity contribution is 8.00. The molecule has 0 saturated heterocycles. The Bertz CT molecular complexity index is 674. The lowest BCUT2D eigenvalue weighted by molar-refractivity contribution is -0.113. The minimum Gasteiger partial charge on any atom is -0.325 e. The first-order valence-electron chi connectivity index (χ1n) is 6.79. The quantitative estimate of drug-likeness (QED) is 0.799. The molecule has 0 bridgehead atoms. The molecule has 0 aliphatic heterocycles. The minimum absolute atomic E-state index is 0.00526. The number of amides is 1. The Hall–Kier alpha value is -0.900. The third-order valence-electron chi connectivity index (χ3n) is 3.54. The average molecular weight is 340 g/mol. The van der Waals surface area contributed by atoms with Crippen LogP contribution in [-0.4, -0.2) is 21.7 Å². The van der Waals surface area contributed by atoms with Gasteiger partial charge in [0.05, 0.1) is 5.75 Å². The highest BCUT2D eigenvalue weighted by Gasteiger charge is 2.51. The minimum atomic E-state index is -0.554. The summed E-state index contributed by atoms with van der Waals surface area (Å²) in [6.07, 6.45) is 0.829. The van der Waals surface area contributed by atoms with Crippen molar-refractivity contribution in [2.45, 2.75) is 10.8 Å². The van der Waals surface area contributed by atoms with Gasteiger partial charge in [0, 0.05) is 11.6 Å². The molecule has 1 atom stereocenters. The molecule has 2 aromatic carbocycles. The second-order valence-corrected chi connectivity index (χ2v) is 7.86. The number of hydrogen-bond donors (Lipinski definition) is 1. The van der Waals surface area contributed by atoms with Gasteiger partial charge in [-0.05, 0) is 35.1 Å². The molecule has 1 aliphatic rings. The van der Waals surface area contributed by atoms with E-state index in [0.29, 0.717) is 11.7 Å².